The van der Waals surface area contributed by atoms with E-state index in [1.165, 1.54) is 0 Å². The first-order valence-corrected chi connectivity index (χ1v) is 8.60. The van der Waals surface area contributed by atoms with Crippen molar-refractivity contribution >= 4 is 46.3 Å². The van der Waals surface area contributed by atoms with Crippen molar-refractivity contribution in [3.05, 3.63) is 49.4 Å². The van der Waals surface area contributed by atoms with Gasteiger partial charge in [0.15, 0.2) is 0 Å². The Hall–Kier alpha value is -1.23. The van der Waals surface area contributed by atoms with E-state index in [1.54, 1.807) is 16.8 Å². The molecule has 7 heteroatoms. The Morgan fingerprint density at radius 3 is 2.74 bits per heavy atom. The van der Waals surface area contributed by atoms with E-state index in [-0.39, 0.29) is 11.6 Å². The standard InChI is InChI=1S/C16H16Cl3N3O/c1-3-9(2)22-8-13(19)20-15(16(22)23)21-5-4-10-6-11(17)7-12(18)14(10)21/h6-9H,3-5H2,1-2H3. The highest BCUT2D eigenvalue weighted by Crippen LogP contribution is 2.40. The van der Waals surface area contributed by atoms with Gasteiger partial charge in [-0.3, -0.25) is 4.79 Å². The van der Waals surface area contributed by atoms with Crippen LogP contribution < -0.4 is 10.5 Å². The van der Waals surface area contributed by atoms with Crippen LogP contribution in [0.3, 0.4) is 0 Å². The second kappa shape index (κ2) is 6.34. The van der Waals surface area contributed by atoms with Crippen LogP contribution in [0.2, 0.25) is 15.2 Å². The zero-order valence-electron chi connectivity index (χ0n) is 12.8. The van der Waals surface area contributed by atoms with Crippen molar-refractivity contribution in [1.82, 2.24) is 9.55 Å². The lowest BCUT2D eigenvalue weighted by Gasteiger charge is -2.21. The number of fused-ring (bicyclic) bond motifs is 1. The highest BCUT2D eigenvalue weighted by molar-refractivity contribution is 6.37. The third kappa shape index (κ3) is 2.95. The molecule has 1 aliphatic heterocycles. The van der Waals surface area contributed by atoms with Gasteiger partial charge in [0, 0.05) is 23.8 Å². The van der Waals surface area contributed by atoms with Crippen molar-refractivity contribution in [2.75, 3.05) is 11.4 Å². The Bertz CT molecular complexity index is 819. The Kier molecular flexibility index (Phi) is 4.59. The van der Waals surface area contributed by atoms with Crippen LogP contribution in [0, 0.1) is 0 Å². The first-order valence-electron chi connectivity index (χ1n) is 7.46. The maximum atomic E-state index is 12.8. The summed E-state index contributed by atoms with van der Waals surface area (Å²) in [6.07, 6.45) is 3.17. The number of halogens is 3. The van der Waals surface area contributed by atoms with Gasteiger partial charge >= 0.3 is 0 Å². The van der Waals surface area contributed by atoms with Crippen LogP contribution in [-0.4, -0.2) is 16.1 Å². The molecule has 0 fully saturated rings. The van der Waals surface area contributed by atoms with Gasteiger partial charge in [0.05, 0.1) is 10.7 Å². The van der Waals surface area contributed by atoms with Crippen molar-refractivity contribution in [2.24, 2.45) is 0 Å². The molecule has 0 amide bonds. The molecule has 3 rings (SSSR count). The predicted octanol–water partition coefficient (Wildman–Crippen LogP) is 4.87. The van der Waals surface area contributed by atoms with Gasteiger partial charge in [0.25, 0.3) is 5.56 Å². The van der Waals surface area contributed by atoms with Gasteiger partial charge < -0.3 is 9.47 Å². The van der Waals surface area contributed by atoms with Crippen LogP contribution >= 0.6 is 34.8 Å². The van der Waals surface area contributed by atoms with Crippen LogP contribution in [-0.2, 0) is 6.42 Å². The van der Waals surface area contributed by atoms with Crippen LogP contribution in [0.4, 0.5) is 11.5 Å². The minimum atomic E-state index is -0.164. The average Bonchev–Trinajstić information content (AvgIpc) is 2.92. The molecule has 1 aromatic heterocycles. The van der Waals surface area contributed by atoms with Crippen molar-refractivity contribution in [1.29, 1.82) is 0 Å². The maximum Gasteiger partial charge on any atom is 0.294 e. The van der Waals surface area contributed by atoms with Gasteiger partial charge in [-0.2, -0.15) is 0 Å². The zero-order valence-corrected chi connectivity index (χ0v) is 15.1. The number of nitrogens with zero attached hydrogens (tertiary/aromatic N) is 3. The minimum absolute atomic E-state index is 0.0458. The summed E-state index contributed by atoms with van der Waals surface area (Å²) >= 11 is 18.5. The van der Waals surface area contributed by atoms with E-state index < -0.39 is 0 Å². The monoisotopic (exact) mass is 371 g/mol. The van der Waals surface area contributed by atoms with Crippen LogP contribution in [0.15, 0.2) is 23.1 Å². The molecule has 2 heterocycles. The lowest BCUT2D eigenvalue weighted by molar-refractivity contribution is 0.511. The lowest BCUT2D eigenvalue weighted by Crippen LogP contribution is -2.31. The van der Waals surface area contributed by atoms with E-state index in [4.69, 9.17) is 34.8 Å². The van der Waals surface area contributed by atoms with E-state index in [0.29, 0.717) is 27.6 Å². The number of hydrogen-bond acceptors (Lipinski definition) is 3. The van der Waals surface area contributed by atoms with Gasteiger partial charge in [-0.15, -0.1) is 0 Å². The molecular formula is C16H16Cl3N3O. The Labute approximate surface area is 149 Å². The third-order valence-electron chi connectivity index (χ3n) is 4.19. The van der Waals surface area contributed by atoms with Gasteiger partial charge in [-0.1, -0.05) is 41.7 Å². The summed E-state index contributed by atoms with van der Waals surface area (Å²) in [4.78, 5) is 18.9. The van der Waals surface area contributed by atoms with E-state index >= 15 is 0 Å². The lowest BCUT2D eigenvalue weighted by atomic mass is 10.2. The molecule has 0 spiro atoms. The first-order chi connectivity index (χ1) is 10.9. The highest BCUT2D eigenvalue weighted by Gasteiger charge is 2.28. The maximum absolute atomic E-state index is 12.8. The summed E-state index contributed by atoms with van der Waals surface area (Å²) in [6, 6.07) is 3.60. The second-order valence-electron chi connectivity index (χ2n) is 5.65. The van der Waals surface area contributed by atoms with Crippen molar-refractivity contribution in [3.8, 4) is 0 Å². The molecule has 0 saturated heterocycles. The molecule has 0 aliphatic carbocycles. The summed E-state index contributed by atoms with van der Waals surface area (Å²) in [5.74, 6) is 0.306. The SMILES string of the molecule is CCC(C)n1cc(Cl)nc(N2CCc3cc(Cl)cc(Cl)c32)c1=O. The van der Waals surface area contributed by atoms with Crippen LogP contribution in [0.1, 0.15) is 31.9 Å². The predicted molar refractivity (Wildman–Crippen MR) is 95.7 cm³/mol. The first kappa shape index (κ1) is 16.6. The third-order valence-corrected chi connectivity index (χ3v) is 4.88. The average molecular weight is 373 g/mol. The van der Waals surface area contributed by atoms with Gasteiger partial charge in [-0.25, -0.2) is 4.98 Å². The number of benzene rings is 1. The normalized spacial score (nSPS) is 14.9. The fourth-order valence-corrected chi connectivity index (χ4v) is 3.66. The largest absolute Gasteiger partial charge is 0.320 e. The molecule has 0 N–H and O–H groups in total. The van der Waals surface area contributed by atoms with E-state index in [1.807, 2.05) is 24.8 Å². The van der Waals surface area contributed by atoms with E-state index in [0.717, 1.165) is 24.1 Å². The molecule has 1 unspecified atom stereocenters. The molecule has 0 bridgehead atoms. The summed E-state index contributed by atoms with van der Waals surface area (Å²) in [5.41, 5.74) is 1.64. The van der Waals surface area contributed by atoms with Crippen molar-refractivity contribution in [2.45, 2.75) is 32.7 Å². The molecule has 1 aliphatic rings. The van der Waals surface area contributed by atoms with Crippen LogP contribution in [0.25, 0.3) is 0 Å². The molecule has 2 aromatic rings. The topological polar surface area (TPSA) is 38.1 Å². The molecule has 1 atom stereocenters. The molecule has 23 heavy (non-hydrogen) atoms. The number of hydrogen-bond donors (Lipinski definition) is 0. The molecule has 0 radical (unpaired) electrons. The molecule has 0 saturated carbocycles. The van der Waals surface area contributed by atoms with E-state index in [2.05, 4.69) is 4.98 Å². The molecule has 1 aromatic carbocycles. The number of aromatic nitrogens is 2. The molecule has 122 valence electrons. The molecule has 4 nitrogen and oxygen atoms in total. The number of anilines is 2. The van der Waals surface area contributed by atoms with E-state index in [9.17, 15) is 4.79 Å². The zero-order chi connectivity index (χ0) is 16.7. The Morgan fingerprint density at radius 2 is 2.04 bits per heavy atom. The molecular weight excluding hydrogens is 357 g/mol. The summed E-state index contributed by atoms with van der Waals surface area (Å²) < 4.78 is 1.63. The smallest absolute Gasteiger partial charge is 0.294 e. The second-order valence-corrected chi connectivity index (χ2v) is 6.88. The minimum Gasteiger partial charge on any atom is -0.320 e. The fourth-order valence-electron chi connectivity index (χ4n) is 2.83. The van der Waals surface area contributed by atoms with Gasteiger partial charge in [0.1, 0.15) is 5.15 Å². The van der Waals surface area contributed by atoms with Gasteiger partial charge in [-0.05, 0) is 37.5 Å². The quantitative estimate of drug-likeness (QED) is 0.771. The van der Waals surface area contributed by atoms with Crippen molar-refractivity contribution < 1.29 is 0 Å². The number of rotatable bonds is 3. The summed E-state index contributed by atoms with van der Waals surface area (Å²) in [6.45, 7) is 4.62. The Balaban J connectivity index is 2.16. The highest BCUT2D eigenvalue weighted by atomic mass is 35.5. The fraction of sp³-hybridized carbons (Fsp3) is 0.375. The summed E-state index contributed by atoms with van der Waals surface area (Å²) in [5, 5.41) is 1.39. The Morgan fingerprint density at radius 1 is 1.30 bits per heavy atom. The van der Waals surface area contributed by atoms with Crippen LogP contribution in [0.5, 0.6) is 0 Å². The summed E-state index contributed by atoms with van der Waals surface area (Å²) in [7, 11) is 0. The van der Waals surface area contributed by atoms with Crippen molar-refractivity contribution in [3.63, 3.8) is 0 Å². The van der Waals surface area contributed by atoms with Gasteiger partial charge in [0.2, 0.25) is 5.82 Å².